The van der Waals surface area contributed by atoms with E-state index in [-0.39, 0.29) is 18.4 Å². The van der Waals surface area contributed by atoms with Crippen molar-refractivity contribution < 1.29 is 19.1 Å². The van der Waals surface area contributed by atoms with Crippen LogP contribution in [-0.2, 0) is 9.59 Å². The second-order valence-corrected chi connectivity index (χ2v) is 9.21. The average Bonchev–Trinajstić information content (AvgIpc) is 3.12. The number of para-hydroxylation sites is 1. The molecule has 1 fully saturated rings. The summed E-state index contributed by atoms with van der Waals surface area (Å²) in [4.78, 5) is 27.3. The smallest absolute Gasteiger partial charge is 0.270 e. The topological polar surface area (TPSA) is 67.9 Å². The maximum atomic E-state index is 13.1. The lowest BCUT2D eigenvalue weighted by molar-refractivity contribution is -0.118. The van der Waals surface area contributed by atoms with Gasteiger partial charge in [0, 0.05) is 16.3 Å². The summed E-state index contributed by atoms with van der Waals surface area (Å²) in [5.41, 5.74) is 1.95. The highest BCUT2D eigenvalue weighted by molar-refractivity contribution is 8.27. The molecule has 0 aromatic heterocycles. The molecular weight excluding hydrogens is 492 g/mol. The minimum Gasteiger partial charge on any atom is -0.497 e. The standard InChI is InChI=1S/C25H19ClN2O4S2/c1-31-20-12-10-19(11-13-20)28-24(30)22(34-25(28)33)14-16-4-2-3-5-21(16)32-15-23(29)27-18-8-6-17(26)7-9-18/h2-14H,15H2,1H3,(H,27,29)/b22-14-. The van der Waals surface area contributed by atoms with Crippen LogP contribution in [0.4, 0.5) is 11.4 Å². The van der Waals surface area contributed by atoms with Crippen LogP contribution in [0.5, 0.6) is 11.5 Å². The molecule has 3 aromatic rings. The van der Waals surface area contributed by atoms with Gasteiger partial charge in [-0.3, -0.25) is 14.5 Å². The first-order chi connectivity index (χ1) is 16.4. The van der Waals surface area contributed by atoms with Gasteiger partial charge in [0.1, 0.15) is 11.5 Å². The predicted octanol–water partition coefficient (Wildman–Crippen LogP) is 5.77. The number of methoxy groups -OCH3 is 1. The second kappa shape index (κ2) is 10.7. The van der Waals surface area contributed by atoms with Crippen LogP contribution in [0.25, 0.3) is 6.08 Å². The molecule has 1 N–H and O–H groups in total. The number of anilines is 2. The molecule has 1 saturated heterocycles. The van der Waals surface area contributed by atoms with Crippen LogP contribution in [0.1, 0.15) is 5.56 Å². The maximum Gasteiger partial charge on any atom is 0.270 e. The third kappa shape index (κ3) is 5.59. The van der Waals surface area contributed by atoms with Crippen molar-refractivity contribution in [2.24, 2.45) is 0 Å². The van der Waals surface area contributed by atoms with E-state index in [1.54, 1.807) is 73.8 Å². The van der Waals surface area contributed by atoms with E-state index in [0.717, 1.165) is 0 Å². The number of amides is 2. The molecule has 1 heterocycles. The van der Waals surface area contributed by atoms with Gasteiger partial charge in [-0.15, -0.1) is 0 Å². The van der Waals surface area contributed by atoms with Gasteiger partial charge in [0.05, 0.1) is 17.7 Å². The maximum absolute atomic E-state index is 13.1. The van der Waals surface area contributed by atoms with Crippen molar-refractivity contribution in [3.05, 3.63) is 88.3 Å². The van der Waals surface area contributed by atoms with Crippen LogP contribution >= 0.6 is 35.6 Å². The Morgan fingerprint density at radius 2 is 1.79 bits per heavy atom. The molecule has 9 heteroatoms. The molecule has 0 aliphatic carbocycles. The van der Waals surface area contributed by atoms with Gasteiger partial charge in [0.15, 0.2) is 10.9 Å². The molecule has 0 atom stereocenters. The highest BCUT2D eigenvalue weighted by Gasteiger charge is 2.33. The molecule has 172 valence electrons. The molecule has 0 spiro atoms. The number of thiocarbonyl (C=S) groups is 1. The third-order valence-electron chi connectivity index (χ3n) is 4.82. The minimum absolute atomic E-state index is 0.194. The quantitative estimate of drug-likeness (QED) is 0.321. The van der Waals surface area contributed by atoms with Crippen LogP contribution in [-0.4, -0.2) is 29.9 Å². The van der Waals surface area contributed by atoms with E-state index < -0.39 is 0 Å². The molecule has 0 saturated carbocycles. The van der Waals surface area contributed by atoms with Gasteiger partial charge in [-0.25, -0.2) is 0 Å². The van der Waals surface area contributed by atoms with Crippen LogP contribution in [0.2, 0.25) is 5.02 Å². The van der Waals surface area contributed by atoms with Gasteiger partial charge in [-0.2, -0.15) is 0 Å². The molecular formula is C25H19ClN2O4S2. The summed E-state index contributed by atoms with van der Waals surface area (Å²) in [6.45, 7) is -0.194. The number of carbonyl (C=O) groups is 2. The Labute approximate surface area is 211 Å². The number of nitrogens with zero attached hydrogens (tertiary/aromatic N) is 1. The van der Waals surface area contributed by atoms with Crippen LogP contribution < -0.4 is 19.7 Å². The Morgan fingerprint density at radius 1 is 1.09 bits per heavy atom. The van der Waals surface area contributed by atoms with Gasteiger partial charge >= 0.3 is 0 Å². The number of rotatable bonds is 7. The normalized spacial score (nSPS) is 14.4. The third-order valence-corrected chi connectivity index (χ3v) is 6.37. The SMILES string of the molecule is COc1ccc(N2C(=O)/C(=C/c3ccccc3OCC(=O)Nc3ccc(Cl)cc3)SC2=S)cc1. The summed E-state index contributed by atoms with van der Waals surface area (Å²) in [6.07, 6.45) is 1.72. The lowest BCUT2D eigenvalue weighted by atomic mass is 10.2. The van der Waals surface area contributed by atoms with Crippen LogP contribution in [0.3, 0.4) is 0 Å². The van der Waals surface area contributed by atoms with Crippen molar-refractivity contribution in [2.45, 2.75) is 0 Å². The van der Waals surface area contributed by atoms with Gasteiger partial charge in [0.25, 0.3) is 11.8 Å². The number of nitrogens with one attached hydrogen (secondary N) is 1. The second-order valence-electron chi connectivity index (χ2n) is 7.10. The van der Waals surface area contributed by atoms with E-state index in [1.165, 1.54) is 16.7 Å². The zero-order valence-electron chi connectivity index (χ0n) is 18.0. The van der Waals surface area contributed by atoms with E-state index in [1.807, 2.05) is 12.1 Å². The minimum atomic E-state index is -0.317. The zero-order valence-corrected chi connectivity index (χ0v) is 20.4. The lowest BCUT2D eigenvalue weighted by Gasteiger charge is -2.14. The molecule has 0 bridgehead atoms. The Balaban J connectivity index is 1.47. The Hall–Kier alpha value is -3.33. The van der Waals surface area contributed by atoms with Gasteiger partial charge in [-0.05, 0) is 60.7 Å². The van der Waals surface area contributed by atoms with Crippen molar-refractivity contribution in [3.8, 4) is 11.5 Å². The Kier molecular flexibility index (Phi) is 7.52. The van der Waals surface area contributed by atoms with E-state index in [2.05, 4.69) is 5.32 Å². The number of halogens is 1. The van der Waals surface area contributed by atoms with Crippen molar-refractivity contribution in [1.82, 2.24) is 0 Å². The first kappa shape index (κ1) is 23.8. The number of benzene rings is 3. The number of hydrogen-bond donors (Lipinski definition) is 1. The van der Waals surface area contributed by atoms with E-state index in [4.69, 9.17) is 33.3 Å². The molecule has 2 amide bonds. The summed E-state index contributed by atoms with van der Waals surface area (Å²) < 4.78 is 11.3. The molecule has 0 unspecified atom stereocenters. The fourth-order valence-corrected chi connectivity index (χ4v) is 4.58. The Morgan fingerprint density at radius 3 is 2.50 bits per heavy atom. The average molecular weight is 511 g/mol. The van der Waals surface area contributed by atoms with E-state index >= 15 is 0 Å². The largest absolute Gasteiger partial charge is 0.497 e. The summed E-state index contributed by atoms with van der Waals surface area (Å²) in [5, 5.41) is 3.33. The summed E-state index contributed by atoms with van der Waals surface area (Å²) in [5.74, 6) is 0.623. The van der Waals surface area contributed by atoms with Crippen molar-refractivity contribution >= 4 is 69.2 Å². The van der Waals surface area contributed by atoms with Crippen molar-refractivity contribution in [3.63, 3.8) is 0 Å². The number of ether oxygens (including phenoxy) is 2. The number of carbonyl (C=O) groups excluding carboxylic acids is 2. The first-order valence-corrected chi connectivity index (χ1v) is 11.7. The van der Waals surface area contributed by atoms with Crippen LogP contribution in [0, 0.1) is 0 Å². The van der Waals surface area contributed by atoms with E-state index in [0.29, 0.717) is 42.7 Å². The zero-order chi connectivity index (χ0) is 24.1. The molecule has 34 heavy (non-hydrogen) atoms. The molecule has 6 nitrogen and oxygen atoms in total. The molecule has 4 rings (SSSR count). The van der Waals surface area contributed by atoms with Crippen LogP contribution in [0.15, 0.2) is 77.7 Å². The molecule has 1 aliphatic heterocycles. The predicted molar refractivity (Wildman–Crippen MR) is 141 cm³/mol. The van der Waals surface area contributed by atoms with Gasteiger partial charge in [-0.1, -0.05) is 53.8 Å². The Bertz CT molecular complexity index is 1260. The highest BCUT2D eigenvalue weighted by atomic mass is 35.5. The van der Waals surface area contributed by atoms with Crippen molar-refractivity contribution in [2.75, 3.05) is 23.9 Å². The molecule has 1 aliphatic rings. The summed E-state index contributed by atoms with van der Waals surface area (Å²) in [6, 6.07) is 21.1. The lowest BCUT2D eigenvalue weighted by Crippen LogP contribution is -2.27. The first-order valence-electron chi connectivity index (χ1n) is 10.1. The monoisotopic (exact) mass is 510 g/mol. The number of thioether (sulfide) groups is 1. The van der Waals surface area contributed by atoms with Gasteiger partial charge < -0.3 is 14.8 Å². The molecule has 0 radical (unpaired) electrons. The molecule has 3 aromatic carbocycles. The number of hydrogen-bond acceptors (Lipinski definition) is 6. The summed E-state index contributed by atoms with van der Waals surface area (Å²) >= 11 is 12.5. The fraction of sp³-hybridized carbons (Fsp3) is 0.0800. The highest BCUT2D eigenvalue weighted by Crippen LogP contribution is 2.37. The van der Waals surface area contributed by atoms with E-state index in [9.17, 15) is 9.59 Å². The summed E-state index contributed by atoms with van der Waals surface area (Å²) in [7, 11) is 1.58. The van der Waals surface area contributed by atoms with Gasteiger partial charge in [0.2, 0.25) is 0 Å². The fourth-order valence-electron chi connectivity index (χ4n) is 3.17. The van der Waals surface area contributed by atoms with Crippen molar-refractivity contribution in [1.29, 1.82) is 0 Å².